The minimum Gasteiger partial charge on any atom is -0.448 e. The molecule has 1 amide bonds. The van der Waals surface area contributed by atoms with Gasteiger partial charge in [0, 0.05) is 18.3 Å². The molecule has 0 unspecified atom stereocenters. The summed E-state index contributed by atoms with van der Waals surface area (Å²) in [5.74, 6) is -1.23. The fraction of sp³-hybridized carbons (Fsp3) is 0.200. The van der Waals surface area contributed by atoms with Crippen LogP contribution in [0.2, 0.25) is 0 Å². The van der Waals surface area contributed by atoms with Crippen LogP contribution in [0.4, 0.5) is 4.39 Å². The van der Waals surface area contributed by atoms with Crippen molar-refractivity contribution in [1.29, 1.82) is 0 Å². The van der Waals surface area contributed by atoms with E-state index < -0.39 is 12.1 Å². The van der Waals surface area contributed by atoms with Crippen LogP contribution in [0.3, 0.4) is 0 Å². The van der Waals surface area contributed by atoms with E-state index in [1.807, 2.05) is 30.3 Å². The van der Waals surface area contributed by atoms with Gasteiger partial charge in [-0.25, -0.2) is 9.18 Å². The zero-order valence-corrected chi connectivity index (χ0v) is 15.3. The molecule has 0 saturated heterocycles. The Morgan fingerprint density at radius 3 is 2.62 bits per heavy atom. The van der Waals surface area contributed by atoms with E-state index in [1.165, 1.54) is 28.4 Å². The molecular formula is C20H18FNO3S. The number of fused-ring (bicyclic) bond motifs is 1. The number of thiophene rings is 1. The van der Waals surface area contributed by atoms with Crippen LogP contribution in [0.15, 0.2) is 54.6 Å². The lowest BCUT2D eigenvalue weighted by molar-refractivity contribution is -0.139. The van der Waals surface area contributed by atoms with Crippen molar-refractivity contribution < 1.29 is 18.7 Å². The first-order valence-electron chi connectivity index (χ1n) is 8.13. The van der Waals surface area contributed by atoms with E-state index in [2.05, 4.69) is 0 Å². The summed E-state index contributed by atoms with van der Waals surface area (Å²) in [7, 11) is 1.67. The summed E-state index contributed by atoms with van der Waals surface area (Å²) in [4.78, 5) is 26.6. The maximum atomic E-state index is 13.3. The van der Waals surface area contributed by atoms with Crippen LogP contribution < -0.4 is 0 Å². The Morgan fingerprint density at radius 1 is 1.15 bits per heavy atom. The largest absolute Gasteiger partial charge is 0.448 e. The van der Waals surface area contributed by atoms with E-state index >= 15 is 0 Å². The molecular weight excluding hydrogens is 353 g/mol. The first kappa shape index (κ1) is 18.1. The molecule has 1 atom stereocenters. The Bertz CT molecular complexity index is 939. The lowest BCUT2D eigenvalue weighted by atomic mass is 10.2. The number of ether oxygens (including phenoxy) is 1. The third kappa shape index (κ3) is 4.08. The molecule has 0 radical (unpaired) electrons. The molecule has 134 valence electrons. The lowest BCUT2D eigenvalue weighted by Crippen LogP contribution is -2.37. The quantitative estimate of drug-likeness (QED) is 0.630. The van der Waals surface area contributed by atoms with Gasteiger partial charge < -0.3 is 9.64 Å². The molecule has 0 bridgehead atoms. The summed E-state index contributed by atoms with van der Waals surface area (Å²) in [6, 6.07) is 15.5. The fourth-order valence-corrected chi connectivity index (χ4v) is 3.56. The number of esters is 1. The molecule has 0 saturated carbocycles. The second kappa shape index (κ2) is 7.66. The molecule has 0 N–H and O–H groups in total. The van der Waals surface area contributed by atoms with E-state index in [4.69, 9.17) is 4.74 Å². The van der Waals surface area contributed by atoms with Gasteiger partial charge in [-0.2, -0.15) is 0 Å². The van der Waals surface area contributed by atoms with Crippen molar-refractivity contribution in [2.75, 3.05) is 7.05 Å². The van der Waals surface area contributed by atoms with Crippen molar-refractivity contribution in [2.45, 2.75) is 19.6 Å². The van der Waals surface area contributed by atoms with E-state index in [0.29, 0.717) is 16.8 Å². The zero-order chi connectivity index (χ0) is 18.7. The van der Waals surface area contributed by atoms with Gasteiger partial charge in [-0.05, 0) is 42.1 Å². The van der Waals surface area contributed by atoms with E-state index in [-0.39, 0.29) is 11.7 Å². The molecule has 0 spiro atoms. The second-order valence-electron chi connectivity index (χ2n) is 6.02. The predicted molar refractivity (Wildman–Crippen MR) is 99.6 cm³/mol. The summed E-state index contributed by atoms with van der Waals surface area (Å²) < 4.78 is 19.4. The molecule has 6 heteroatoms. The number of benzene rings is 2. The van der Waals surface area contributed by atoms with Crippen molar-refractivity contribution in [3.05, 3.63) is 70.9 Å². The van der Waals surface area contributed by atoms with Crippen LogP contribution in [0.25, 0.3) is 10.1 Å². The number of halogens is 1. The van der Waals surface area contributed by atoms with Crippen LogP contribution in [0.5, 0.6) is 0 Å². The van der Waals surface area contributed by atoms with Gasteiger partial charge in [-0.1, -0.05) is 30.3 Å². The van der Waals surface area contributed by atoms with Gasteiger partial charge in [-0.15, -0.1) is 11.3 Å². The predicted octanol–water partition coefficient (Wildman–Crippen LogP) is 4.24. The van der Waals surface area contributed by atoms with Gasteiger partial charge in [-0.3, -0.25) is 4.79 Å². The minimum atomic E-state index is -0.904. The van der Waals surface area contributed by atoms with E-state index in [0.717, 1.165) is 10.3 Å². The van der Waals surface area contributed by atoms with Crippen molar-refractivity contribution in [3.63, 3.8) is 0 Å². The second-order valence-corrected chi connectivity index (χ2v) is 7.10. The summed E-state index contributed by atoms with van der Waals surface area (Å²) in [5, 5.41) is 0.641. The molecule has 3 rings (SSSR count). The number of amides is 1. The van der Waals surface area contributed by atoms with Gasteiger partial charge in [0.05, 0.1) is 0 Å². The summed E-state index contributed by atoms with van der Waals surface area (Å²) in [6.07, 6.45) is -0.904. The molecule has 0 fully saturated rings. The number of nitrogens with zero attached hydrogens (tertiary/aromatic N) is 1. The van der Waals surface area contributed by atoms with Crippen LogP contribution >= 0.6 is 11.3 Å². The van der Waals surface area contributed by atoms with Crippen molar-refractivity contribution in [2.24, 2.45) is 0 Å². The first-order valence-corrected chi connectivity index (χ1v) is 8.94. The maximum Gasteiger partial charge on any atom is 0.349 e. The third-order valence-electron chi connectivity index (χ3n) is 3.95. The van der Waals surface area contributed by atoms with Crippen LogP contribution in [0, 0.1) is 5.82 Å². The molecule has 0 aliphatic rings. The monoisotopic (exact) mass is 371 g/mol. The third-order valence-corrected chi connectivity index (χ3v) is 5.05. The van der Waals surface area contributed by atoms with Crippen molar-refractivity contribution >= 4 is 33.3 Å². The summed E-state index contributed by atoms with van der Waals surface area (Å²) in [5.41, 5.74) is 0.994. The maximum absolute atomic E-state index is 13.3. The normalized spacial score (nSPS) is 12.0. The van der Waals surface area contributed by atoms with Crippen LogP contribution in [0.1, 0.15) is 22.2 Å². The standard InChI is InChI=1S/C20H18FNO3S/c1-13(19(23)22(2)12-14-6-4-3-5-7-14)25-20(24)18-11-15-10-16(21)8-9-17(15)26-18/h3-11,13H,12H2,1-2H3/t13-/m0/s1. The average Bonchev–Trinajstić information content (AvgIpc) is 3.05. The SMILES string of the molecule is C[C@H](OC(=O)c1cc2cc(F)ccc2s1)C(=O)N(C)Cc1ccccc1. The fourth-order valence-electron chi connectivity index (χ4n) is 2.63. The van der Waals surface area contributed by atoms with E-state index in [1.54, 1.807) is 26.1 Å². The Morgan fingerprint density at radius 2 is 1.88 bits per heavy atom. The number of likely N-dealkylation sites (N-methyl/N-ethyl adjacent to an activating group) is 1. The number of hydrogen-bond acceptors (Lipinski definition) is 4. The van der Waals surface area contributed by atoms with Gasteiger partial charge in [0.15, 0.2) is 6.10 Å². The highest BCUT2D eigenvalue weighted by Crippen LogP contribution is 2.27. The Hall–Kier alpha value is -2.73. The Labute approximate surface area is 154 Å². The highest BCUT2D eigenvalue weighted by atomic mass is 32.1. The molecule has 3 aromatic rings. The number of rotatable bonds is 5. The number of carbonyl (C=O) groups excluding carboxylic acids is 2. The zero-order valence-electron chi connectivity index (χ0n) is 14.4. The highest BCUT2D eigenvalue weighted by Gasteiger charge is 2.23. The minimum absolute atomic E-state index is 0.283. The van der Waals surface area contributed by atoms with E-state index in [9.17, 15) is 14.0 Å². The van der Waals surface area contributed by atoms with Gasteiger partial charge in [0.2, 0.25) is 0 Å². The molecule has 0 aliphatic heterocycles. The Kier molecular flexibility index (Phi) is 5.32. The molecule has 26 heavy (non-hydrogen) atoms. The van der Waals surface area contributed by atoms with Crippen LogP contribution in [-0.2, 0) is 16.1 Å². The highest BCUT2D eigenvalue weighted by molar-refractivity contribution is 7.20. The average molecular weight is 371 g/mol. The Balaban J connectivity index is 1.64. The van der Waals surface area contributed by atoms with Crippen LogP contribution in [-0.4, -0.2) is 29.9 Å². The van der Waals surface area contributed by atoms with Gasteiger partial charge in [0.1, 0.15) is 10.7 Å². The molecule has 2 aromatic carbocycles. The first-order chi connectivity index (χ1) is 12.4. The van der Waals surface area contributed by atoms with Crippen molar-refractivity contribution in [3.8, 4) is 0 Å². The molecule has 4 nitrogen and oxygen atoms in total. The van der Waals surface area contributed by atoms with Gasteiger partial charge >= 0.3 is 5.97 Å². The summed E-state index contributed by atoms with van der Waals surface area (Å²) in [6.45, 7) is 1.98. The molecule has 1 aromatic heterocycles. The van der Waals surface area contributed by atoms with Gasteiger partial charge in [0.25, 0.3) is 5.91 Å². The molecule has 1 heterocycles. The summed E-state index contributed by atoms with van der Waals surface area (Å²) >= 11 is 1.21. The topological polar surface area (TPSA) is 46.6 Å². The smallest absolute Gasteiger partial charge is 0.349 e. The number of carbonyl (C=O) groups is 2. The van der Waals surface area contributed by atoms with Crippen molar-refractivity contribution in [1.82, 2.24) is 4.90 Å². The lowest BCUT2D eigenvalue weighted by Gasteiger charge is -2.21. The number of hydrogen-bond donors (Lipinski definition) is 0. The molecule has 0 aliphatic carbocycles.